The van der Waals surface area contributed by atoms with E-state index in [-0.39, 0.29) is 12.3 Å². The predicted molar refractivity (Wildman–Crippen MR) is 103 cm³/mol. The summed E-state index contributed by atoms with van der Waals surface area (Å²) in [6.07, 6.45) is -0.918. The molecule has 0 bridgehead atoms. The first-order valence-corrected chi connectivity index (χ1v) is 9.79. The fourth-order valence-corrected chi connectivity index (χ4v) is 3.88. The molecule has 134 valence electrons. The van der Waals surface area contributed by atoms with Gasteiger partial charge in [0.15, 0.2) is 0 Å². The molecule has 0 saturated carbocycles. The number of carbonyl (C=O) groups excluding carboxylic acids is 2. The van der Waals surface area contributed by atoms with Gasteiger partial charge in [0.05, 0.1) is 12.1 Å². The van der Waals surface area contributed by atoms with Crippen LogP contribution in [0.3, 0.4) is 0 Å². The van der Waals surface area contributed by atoms with Crippen molar-refractivity contribution in [2.45, 2.75) is 12.5 Å². The van der Waals surface area contributed by atoms with Crippen LogP contribution in [-0.4, -0.2) is 35.9 Å². The first kappa shape index (κ1) is 18.3. The molecule has 0 aliphatic rings. The summed E-state index contributed by atoms with van der Waals surface area (Å²) in [5.41, 5.74) is 2.34. The minimum atomic E-state index is -0.950. The van der Waals surface area contributed by atoms with E-state index in [1.807, 2.05) is 40.4 Å². The molecule has 0 N–H and O–H groups in total. The molecule has 1 amide bonds. The monoisotopic (exact) mass is 386 g/mol. The largest absolute Gasteiger partial charge is 0.447 e. The van der Waals surface area contributed by atoms with E-state index in [9.17, 15) is 9.59 Å². The Bertz CT molecular complexity index is 873. The van der Waals surface area contributed by atoms with Crippen molar-refractivity contribution in [3.05, 3.63) is 63.8 Å². The van der Waals surface area contributed by atoms with Crippen molar-refractivity contribution in [2.24, 2.45) is 0 Å². The molecular formula is C19H18N2O3S2. The highest BCUT2D eigenvalue weighted by atomic mass is 32.1. The lowest BCUT2D eigenvalue weighted by atomic mass is 10.1. The number of thiophene rings is 1. The summed E-state index contributed by atoms with van der Waals surface area (Å²) in [5, 5.41) is 6.72. The van der Waals surface area contributed by atoms with Gasteiger partial charge in [0, 0.05) is 36.0 Å². The van der Waals surface area contributed by atoms with Gasteiger partial charge in [-0.05, 0) is 11.4 Å². The van der Waals surface area contributed by atoms with Gasteiger partial charge >= 0.3 is 5.97 Å². The summed E-state index contributed by atoms with van der Waals surface area (Å²) in [6.45, 7) is 0. The number of benzene rings is 1. The molecule has 0 fully saturated rings. The van der Waals surface area contributed by atoms with Gasteiger partial charge in [-0.25, -0.2) is 4.98 Å². The van der Waals surface area contributed by atoms with Crippen molar-refractivity contribution < 1.29 is 14.3 Å². The van der Waals surface area contributed by atoms with Gasteiger partial charge < -0.3 is 9.64 Å². The van der Waals surface area contributed by atoms with Crippen LogP contribution in [-0.2, 0) is 20.7 Å². The number of hydrogen-bond donors (Lipinski definition) is 0. The minimum absolute atomic E-state index is 0.0324. The van der Waals surface area contributed by atoms with Crippen LogP contribution in [0, 0.1) is 0 Å². The second-order valence-corrected chi connectivity index (χ2v) is 7.48. The van der Waals surface area contributed by atoms with Crippen molar-refractivity contribution in [3.8, 4) is 10.6 Å². The van der Waals surface area contributed by atoms with Gasteiger partial charge in [0.2, 0.25) is 6.10 Å². The van der Waals surface area contributed by atoms with E-state index in [0.717, 1.165) is 10.6 Å². The fraction of sp³-hybridized carbons (Fsp3) is 0.211. The van der Waals surface area contributed by atoms with E-state index in [0.29, 0.717) is 11.3 Å². The lowest BCUT2D eigenvalue weighted by Gasteiger charge is -2.21. The van der Waals surface area contributed by atoms with Gasteiger partial charge in [0.25, 0.3) is 5.91 Å². The summed E-state index contributed by atoms with van der Waals surface area (Å²) in [5.74, 6) is -0.752. The van der Waals surface area contributed by atoms with Gasteiger partial charge in [0.1, 0.15) is 5.01 Å². The van der Waals surface area contributed by atoms with Crippen LogP contribution in [0.1, 0.15) is 17.4 Å². The van der Waals surface area contributed by atoms with Gasteiger partial charge in [-0.3, -0.25) is 9.59 Å². The number of rotatable bonds is 6. The normalized spacial score (nSPS) is 11.8. The zero-order valence-electron chi connectivity index (χ0n) is 14.4. The molecule has 2 heterocycles. The molecule has 3 aromatic rings. The van der Waals surface area contributed by atoms with E-state index in [2.05, 4.69) is 4.98 Å². The summed E-state index contributed by atoms with van der Waals surface area (Å²) in [7, 11) is 3.28. The first-order valence-electron chi connectivity index (χ1n) is 7.97. The van der Waals surface area contributed by atoms with Crippen LogP contribution in [0.2, 0.25) is 0 Å². The second-order valence-electron chi connectivity index (χ2n) is 5.85. The van der Waals surface area contributed by atoms with E-state index >= 15 is 0 Å². The van der Waals surface area contributed by atoms with Gasteiger partial charge in [-0.2, -0.15) is 11.3 Å². The Morgan fingerprint density at radius 3 is 2.58 bits per heavy atom. The lowest BCUT2D eigenvalue weighted by Crippen LogP contribution is -2.31. The number of thiazole rings is 1. The molecule has 1 aromatic carbocycles. The van der Waals surface area contributed by atoms with Crippen LogP contribution in [0.4, 0.5) is 0 Å². The molecule has 0 spiro atoms. The quantitative estimate of drug-likeness (QED) is 0.605. The average molecular weight is 386 g/mol. The highest BCUT2D eigenvalue weighted by molar-refractivity contribution is 7.14. The number of likely N-dealkylation sites (N-methyl/N-ethyl adjacent to an activating group) is 1. The lowest BCUT2D eigenvalue weighted by molar-refractivity contribution is -0.159. The van der Waals surface area contributed by atoms with Crippen LogP contribution in [0.5, 0.6) is 0 Å². The van der Waals surface area contributed by atoms with Crippen LogP contribution < -0.4 is 0 Å². The summed E-state index contributed by atoms with van der Waals surface area (Å²) in [6, 6.07) is 11.0. The van der Waals surface area contributed by atoms with E-state index in [1.54, 1.807) is 37.6 Å². The topological polar surface area (TPSA) is 59.5 Å². The number of aromatic nitrogens is 1. The third-order valence-corrected chi connectivity index (χ3v) is 5.29. The third-order valence-electron chi connectivity index (χ3n) is 3.66. The van der Waals surface area contributed by atoms with Crippen molar-refractivity contribution in [3.63, 3.8) is 0 Å². The number of amides is 1. The average Bonchev–Trinajstić information content (AvgIpc) is 3.31. The molecule has 2 aromatic heterocycles. The van der Waals surface area contributed by atoms with Gasteiger partial charge in [-0.15, -0.1) is 11.3 Å². The predicted octanol–water partition coefficient (Wildman–Crippen LogP) is 3.79. The van der Waals surface area contributed by atoms with Crippen LogP contribution in [0.15, 0.2) is 52.5 Å². The highest BCUT2D eigenvalue weighted by Crippen LogP contribution is 2.26. The summed E-state index contributed by atoms with van der Waals surface area (Å²) >= 11 is 3.09. The molecule has 0 saturated heterocycles. The first-order chi connectivity index (χ1) is 12.5. The van der Waals surface area contributed by atoms with E-state index in [4.69, 9.17) is 4.74 Å². The Morgan fingerprint density at radius 2 is 1.92 bits per heavy atom. The molecule has 0 aliphatic carbocycles. The SMILES string of the molecule is CN(C)C(=O)[C@H](OC(=O)Cc1csc(-c2ccsc2)n1)c1ccccc1. The Balaban J connectivity index is 1.71. The van der Waals surface area contributed by atoms with Gasteiger partial charge in [-0.1, -0.05) is 30.3 Å². The molecule has 0 unspecified atom stereocenters. The zero-order valence-corrected chi connectivity index (χ0v) is 16.0. The minimum Gasteiger partial charge on any atom is -0.447 e. The van der Waals surface area contributed by atoms with Crippen molar-refractivity contribution in [2.75, 3.05) is 14.1 Å². The Hall–Kier alpha value is -2.51. The maximum Gasteiger partial charge on any atom is 0.313 e. The number of ether oxygens (including phenoxy) is 1. The summed E-state index contributed by atoms with van der Waals surface area (Å²) < 4.78 is 5.50. The smallest absolute Gasteiger partial charge is 0.313 e. The number of esters is 1. The Labute approximate surface area is 159 Å². The molecule has 0 radical (unpaired) electrons. The maximum atomic E-state index is 12.4. The molecule has 5 nitrogen and oxygen atoms in total. The number of carbonyl (C=O) groups is 2. The third kappa shape index (κ3) is 4.36. The number of hydrogen-bond acceptors (Lipinski definition) is 6. The maximum absolute atomic E-state index is 12.4. The van der Waals surface area contributed by atoms with E-state index < -0.39 is 12.1 Å². The molecule has 26 heavy (non-hydrogen) atoms. The second kappa shape index (κ2) is 8.25. The molecule has 3 rings (SSSR count). The number of nitrogens with zero attached hydrogens (tertiary/aromatic N) is 2. The standard InChI is InChI=1S/C19H18N2O3S2/c1-21(2)19(23)17(13-6-4-3-5-7-13)24-16(22)10-15-12-26-18(20-15)14-8-9-25-11-14/h3-9,11-12,17H,10H2,1-2H3/t17-/m1/s1. The van der Waals surface area contributed by atoms with Crippen molar-refractivity contribution >= 4 is 34.6 Å². The molecule has 1 atom stereocenters. The highest BCUT2D eigenvalue weighted by Gasteiger charge is 2.26. The Kier molecular flexibility index (Phi) is 5.80. The molecule has 7 heteroatoms. The van der Waals surface area contributed by atoms with Crippen LogP contribution in [0.25, 0.3) is 10.6 Å². The van der Waals surface area contributed by atoms with Crippen LogP contribution >= 0.6 is 22.7 Å². The molecular weight excluding hydrogens is 368 g/mol. The van der Waals surface area contributed by atoms with E-state index in [1.165, 1.54) is 16.2 Å². The zero-order chi connectivity index (χ0) is 18.5. The fourth-order valence-electron chi connectivity index (χ4n) is 2.35. The van der Waals surface area contributed by atoms with Crippen molar-refractivity contribution in [1.29, 1.82) is 0 Å². The molecule has 0 aliphatic heterocycles. The Morgan fingerprint density at radius 1 is 1.15 bits per heavy atom. The summed E-state index contributed by atoms with van der Waals surface area (Å²) in [4.78, 5) is 30.7. The van der Waals surface area contributed by atoms with Crippen molar-refractivity contribution in [1.82, 2.24) is 9.88 Å².